The topological polar surface area (TPSA) is 153 Å². The summed E-state index contributed by atoms with van der Waals surface area (Å²) in [6, 6.07) is 8.64. The minimum atomic E-state index is -0.885. The fourth-order valence-corrected chi connectivity index (χ4v) is 2.82. The Morgan fingerprint density at radius 3 is 2.45 bits per heavy atom. The molecule has 4 rings (SSSR count). The van der Waals surface area contributed by atoms with E-state index >= 15 is 0 Å². The molecule has 0 bridgehead atoms. The lowest BCUT2D eigenvalue weighted by Gasteiger charge is -2.11. The summed E-state index contributed by atoms with van der Waals surface area (Å²) in [6.45, 7) is 0. The molecular formula is C20H13NO8. The van der Waals surface area contributed by atoms with Crippen LogP contribution >= 0.6 is 0 Å². The predicted octanol–water partition coefficient (Wildman–Crippen LogP) is 2.83. The van der Waals surface area contributed by atoms with E-state index in [1.165, 1.54) is 18.3 Å². The number of esters is 1. The number of aromatic hydroxyl groups is 4. The molecule has 29 heavy (non-hydrogen) atoms. The third-order valence-corrected chi connectivity index (χ3v) is 4.17. The van der Waals surface area contributed by atoms with Crippen molar-refractivity contribution in [3.8, 4) is 40.1 Å². The Morgan fingerprint density at radius 2 is 1.76 bits per heavy atom. The largest absolute Gasteiger partial charge is 0.508 e. The number of hydrogen-bond donors (Lipinski definition) is 5. The van der Waals surface area contributed by atoms with Gasteiger partial charge in [0.25, 0.3) is 0 Å². The molecule has 0 aliphatic heterocycles. The van der Waals surface area contributed by atoms with Gasteiger partial charge < -0.3 is 34.6 Å². The molecule has 0 radical (unpaired) electrons. The van der Waals surface area contributed by atoms with Crippen molar-refractivity contribution in [2.75, 3.05) is 0 Å². The summed E-state index contributed by atoms with van der Waals surface area (Å²) in [4.78, 5) is 28.0. The van der Waals surface area contributed by atoms with Gasteiger partial charge in [0.2, 0.25) is 11.2 Å². The number of aromatic nitrogens is 1. The lowest BCUT2D eigenvalue weighted by molar-refractivity contribution is 0.0726. The summed E-state index contributed by atoms with van der Waals surface area (Å²) in [5, 5.41) is 38.8. The van der Waals surface area contributed by atoms with E-state index in [4.69, 9.17) is 9.15 Å². The Bertz CT molecular complexity index is 1300. The van der Waals surface area contributed by atoms with E-state index in [1.807, 2.05) is 0 Å². The number of phenols is 4. The van der Waals surface area contributed by atoms with Crippen molar-refractivity contribution in [3.05, 3.63) is 64.6 Å². The first-order chi connectivity index (χ1) is 13.8. The normalized spacial score (nSPS) is 10.9. The average molecular weight is 395 g/mol. The van der Waals surface area contributed by atoms with E-state index in [0.29, 0.717) is 0 Å². The first kappa shape index (κ1) is 18.0. The molecule has 0 saturated carbocycles. The second kappa shape index (κ2) is 6.64. The molecule has 0 unspecified atom stereocenters. The number of hydrogen-bond acceptors (Lipinski definition) is 8. The standard InChI is InChI=1S/C20H13NO8/c22-10-7-14(25)16-15(8-10)28-18(9-3-4-12(23)13(24)6-9)19(17(16)26)29-20(27)11-2-1-5-21-11/h1-8,21-25H. The maximum Gasteiger partial charge on any atom is 0.360 e. The van der Waals surface area contributed by atoms with Gasteiger partial charge in [-0.1, -0.05) is 0 Å². The van der Waals surface area contributed by atoms with Gasteiger partial charge in [-0.05, 0) is 30.3 Å². The summed E-state index contributed by atoms with van der Waals surface area (Å²) in [5.41, 5.74) is -0.865. The molecule has 0 fully saturated rings. The molecule has 5 N–H and O–H groups in total. The number of carbonyl (C=O) groups excluding carboxylic acids is 1. The maximum atomic E-state index is 13.0. The van der Waals surface area contributed by atoms with Crippen LogP contribution < -0.4 is 10.2 Å². The molecule has 9 heteroatoms. The van der Waals surface area contributed by atoms with Gasteiger partial charge in [0.1, 0.15) is 28.2 Å². The van der Waals surface area contributed by atoms with Crippen molar-refractivity contribution in [2.45, 2.75) is 0 Å². The molecule has 4 aromatic rings. The number of aromatic amines is 1. The van der Waals surface area contributed by atoms with Crippen molar-refractivity contribution >= 4 is 16.9 Å². The van der Waals surface area contributed by atoms with E-state index < -0.39 is 34.4 Å². The number of rotatable bonds is 3. The van der Waals surface area contributed by atoms with Crippen molar-refractivity contribution in [2.24, 2.45) is 0 Å². The Balaban J connectivity index is 1.99. The van der Waals surface area contributed by atoms with Crippen LogP contribution in [-0.2, 0) is 0 Å². The van der Waals surface area contributed by atoms with Gasteiger partial charge in [-0.2, -0.15) is 0 Å². The number of phenolic OH excluding ortho intramolecular Hbond substituents is 4. The van der Waals surface area contributed by atoms with Crippen LogP contribution in [0.1, 0.15) is 10.5 Å². The predicted molar refractivity (Wildman–Crippen MR) is 100 cm³/mol. The molecule has 0 aliphatic carbocycles. The third kappa shape index (κ3) is 3.10. The van der Waals surface area contributed by atoms with E-state index in [2.05, 4.69) is 4.98 Å². The van der Waals surface area contributed by atoms with Crippen molar-refractivity contribution in [1.29, 1.82) is 0 Å². The van der Waals surface area contributed by atoms with Crippen LogP contribution in [-0.4, -0.2) is 31.4 Å². The Morgan fingerprint density at radius 1 is 0.966 bits per heavy atom. The van der Waals surface area contributed by atoms with Gasteiger partial charge >= 0.3 is 5.97 Å². The number of H-pyrrole nitrogens is 1. The highest BCUT2D eigenvalue weighted by Crippen LogP contribution is 2.38. The van der Waals surface area contributed by atoms with Crippen LogP contribution in [0.4, 0.5) is 0 Å². The second-order valence-electron chi connectivity index (χ2n) is 6.10. The highest BCUT2D eigenvalue weighted by atomic mass is 16.5. The van der Waals surface area contributed by atoms with Crippen LogP contribution in [0.5, 0.6) is 28.7 Å². The molecule has 2 aromatic heterocycles. The first-order valence-corrected chi connectivity index (χ1v) is 8.26. The Kier molecular flexibility index (Phi) is 4.12. The highest BCUT2D eigenvalue weighted by Gasteiger charge is 2.24. The van der Waals surface area contributed by atoms with E-state index in [0.717, 1.165) is 24.3 Å². The number of benzene rings is 2. The summed E-state index contributed by atoms with van der Waals surface area (Å²) >= 11 is 0. The fraction of sp³-hybridized carbons (Fsp3) is 0. The Labute approximate surface area is 161 Å². The number of fused-ring (bicyclic) bond motifs is 1. The molecule has 9 nitrogen and oxygen atoms in total. The summed E-state index contributed by atoms with van der Waals surface area (Å²) in [7, 11) is 0. The monoisotopic (exact) mass is 395 g/mol. The van der Waals surface area contributed by atoms with Crippen molar-refractivity contribution < 1.29 is 34.4 Å². The van der Waals surface area contributed by atoms with Gasteiger partial charge in [0.05, 0.1) is 0 Å². The smallest absolute Gasteiger partial charge is 0.360 e. The average Bonchev–Trinajstić information content (AvgIpc) is 3.20. The maximum absolute atomic E-state index is 13.0. The first-order valence-electron chi connectivity index (χ1n) is 8.26. The minimum absolute atomic E-state index is 0.0685. The fourth-order valence-electron chi connectivity index (χ4n) is 2.82. The second-order valence-corrected chi connectivity index (χ2v) is 6.10. The van der Waals surface area contributed by atoms with Gasteiger partial charge in [-0.15, -0.1) is 0 Å². The van der Waals surface area contributed by atoms with Gasteiger partial charge in [-0.25, -0.2) is 4.79 Å². The number of carbonyl (C=O) groups is 1. The number of ether oxygens (including phenoxy) is 1. The quantitative estimate of drug-likeness (QED) is 0.262. The number of nitrogens with one attached hydrogen (secondary N) is 1. The van der Waals surface area contributed by atoms with Crippen LogP contribution in [0.15, 0.2) is 57.9 Å². The molecule has 0 amide bonds. The lowest BCUT2D eigenvalue weighted by Crippen LogP contribution is -2.16. The molecule has 0 spiro atoms. The van der Waals surface area contributed by atoms with E-state index in [9.17, 15) is 30.0 Å². The van der Waals surface area contributed by atoms with Gasteiger partial charge in [0.15, 0.2) is 17.3 Å². The zero-order valence-electron chi connectivity index (χ0n) is 14.5. The molecule has 2 aromatic carbocycles. The van der Waals surface area contributed by atoms with Crippen LogP contribution in [0, 0.1) is 0 Å². The van der Waals surface area contributed by atoms with Gasteiger partial charge in [-0.3, -0.25) is 4.79 Å². The molecule has 0 aliphatic rings. The Hall–Kier alpha value is -4.40. The molecule has 2 heterocycles. The van der Waals surface area contributed by atoms with Crippen LogP contribution in [0.25, 0.3) is 22.3 Å². The summed E-state index contributed by atoms with van der Waals surface area (Å²) in [5.74, 6) is -3.49. The SMILES string of the molecule is O=C(Oc1c(-c2ccc(O)c(O)c2)oc2cc(O)cc(O)c2c1=O)c1ccc[nH]1. The van der Waals surface area contributed by atoms with E-state index in [-0.39, 0.29) is 33.7 Å². The van der Waals surface area contributed by atoms with Crippen LogP contribution in [0.2, 0.25) is 0 Å². The highest BCUT2D eigenvalue weighted by molar-refractivity contribution is 5.93. The van der Waals surface area contributed by atoms with Crippen molar-refractivity contribution in [1.82, 2.24) is 4.98 Å². The third-order valence-electron chi connectivity index (χ3n) is 4.17. The minimum Gasteiger partial charge on any atom is -0.508 e. The zero-order valence-corrected chi connectivity index (χ0v) is 14.5. The molecule has 0 saturated heterocycles. The van der Waals surface area contributed by atoms with Gasteiger partial charge in [0, 0.05) is 23.9 Å². The summed E-state index contributed by atoms with van der Waals surface area (Å²) < 4.78 is 10.9. The molecule has 0 atom stereocenters. The zero-order chi connectivity index (χ0) is 20.7. The van der Waals surface area contributed by atoms with Crippen molar-refractivity contribution in [3.63, 3.8) is 0 Å². The van der Waals surface area contributed by atoms with E-state index in [1.54, 1.807) is 6.07 Å². The molecular weight excluding hydrogens is 382 g/mol. The molecule has 146 valence electrons. The summed E-state index contributed by atoms with van der Waals surface area (Å²) in [6.07, 6.45) is 1.49. The lowest BCUT2D eigenvalue weighted by atomic mass is 10.1. The van der Waals surface area contributed by atoms with Crippen LogP contribution in [0.3, 0.4) is 0 Å².